The van der Waals surface area contributed by atoms with Crippen LogP contribution in [0.1, 0.15) is 75.0 Å². The first-order chi connectivity index (χ1) is 10.8. The fraction of sp³-hybridized carbons (Fsp3) is 0.650. The van der Waals surface area contributed by atoms with E-state index in [2.05, 4.69) is 36.1 Å². The molecule has 2 unspecified atom stereocenters. The number of likely N-dealkylation sites (tertiary alicyclic amines) is 1. The second-order valence-electron chi connectivity index (χ2n) is 7.18. The molecule has 120 valence electrons. The van der Waals surface area contributed by atoms with Crippen molar-refractivity contribution in [3.05, 3.63) is 35.4 Å². The molecule has 3 rings (SSSR count). The van der Waals surface area contributed by atoms with Crippen LogP contribution in [0.3, 0.4) is 0 Å². The molecule has 0 bridgehead atoms. The van der Waals surface area contributed by atoms with Crippen LogP contribution in [-0.2, 0) is 4.79 Å². The molecular formula is C20H29NO. The van der Waals surface area contributed by atoms with Crippen LogP contribution in [0.5, 0.6) is 0 Å². The van der Waals surface area contributed by atoms with Gasteiger partial charge in [0.1, 0.15) is 6.29 Å². The van der Waals surface area contributed by atoms with E-state index in [1.54, 1.807) is 0 Å². The highest BCUT2D eigenvalue weighted by Gasteiger charge is 2.27. The number of hydrogen-bond donors (Lipinski definition) is 0. The van der Waals surface area contributed by atoms with Gasteiger partial charge >= 0.3 is 0 Å². The fourth-order valence-corrected chi connectivity index (χ4v) is 4.34. The Balaban J connectivity index is 1.79. The number of rotatable bonds is 5. The third-order valence-corrected chi connectivity index (χ3v) is 5.60. The zero-order chi connectivity index (χ0) is 15.4. The monoisotopic (exact) mass is 299 g/mol. The Labute approximate surface area is 134 Å². The lowest BCUT2D eigenvalue weighted by atomic mass is 9.89. The van der Waals surface area contributed by atoms with Crippen LogP contribution < -0.4 is 0 Å². The summed E-state index contributed by atoms with van der Waals surface area (Å²) >= 11 is 0. The van der Waals surface area contributed by atoms with E-state index >= 15 is 0 Å². The third kappa shape index (κ3) is 3.43. The lowest BCUT2D eigenvalue weighted by molar-refractivity contribution is -0.112. The minimum atomic E-state index is 0.0652. The average molecular weight is 299 g/mol. The Kier molecular flexibility index (Phi) is 5.30. The van der Waals surface area contributed by atoms with E-state index in [9.17, 15) is 4.79 Å². The van der Waals surface area contributed by atoms with Crippen LogP contribution in [0.25, 0.3) is 0 Å². The van der Waals surface area contributed by atoms with Gasteiger partial charge in [-0.05, 0) is 55.8 Å². The van der Waals surface area contributed by atoms with E-state index in [1.165, 1.54) is 56.1 Å². The topological polar surface area (TPSA) is 20.3 Å². The Morgan fingerprint density at radius 2 is 1.64 bits per heavy atom. The smallest absolute Gasteiger partial charge is 0.124 e. The van der Waals surface area contributed by atoms with Gasteiger partial charge in [-0.1, -0.05) is 50.5 Å². The highest BCUT2D eigenvalue weighted by Crippen LogP contribution is 2.36. The molecule has 22 heavy (non-hydrogen) atoms. The average Bonchev–Trinajstić information content (AvgIpc) is 3.11. The molecule has 1 aliphatic heterocycles. The van der Waals surface area contributed by atoms with Gasteiger partial charge < -0.3 is 4.79 Å². The van der Waals surface area contributed by atoms with Gasteiger partial charge in [0, 0.05) is 12.0 Å². The van der Waals surface area contributed by atoms with Crippen LogP contribution in [0.4, 0.5) is 0 Å². The highest BCUT2D eigenvalue weighted by molar-refractivity contribution is 5.55. The summed E-state index contributed by atoms with van der Waals surface area (Å²) in [5.41, 5.74) is 2.82. The fourth-order valence-electron chi connectivity index (χ4n) is 4.34. The number of nitrogens with zero attached hydrogens (tertiary/aromatic N) is 1. The summed E-state index contributed by atoms with van der Waals surface area (Å²) in [4.78, 5) is 13.9. The Morgan fingerprint density at radius 3 is 2.23 bits per heavy atom. The lowest BCUT2D eigenvalue weighted by Gasteiger charge is -2.37. The minimum absolute atomic E-state index is 0.0652. The van der Waals surface area contributed by atoms with E-state index in [0.29, 0.717) is 0 Å². The summed E-state index contributed by atoms with van der Waals surface area (Å²) in [7, 11) is 0. The molecule has 1 aromatic carbocycles. The van der Waals surface area contributed by atoms with Crippen molar-refractivity contribution in [2.75, 3.05) is 13.1 Å². The molecule has 2 fully saturated rings. The number of aldehydes is 1. The first kappa shape index (κ1) is 15.7. The largest absolute Gasteiger partial charge is 0.303 e. The second-order valence-corrected chi connectivity index (χ2v) is 7.18. The standard InChI is InChI=1S/C20H29NO/c1-16(15-22)20(21-13-5-2-6-14-21)19-11-9-18(10-12-19)17-7-3-4-8-17/h9-12,15-17,20H,2-8,13-14H2,1H3. The van der Waals surface area contributed by atoms with E-state index in [0.717, 1.165) is 25.3 Å². The number of carbonyl (C=O) groups is 1. The molecule has 1 aromatic rings. The zero-order valence-electron chi connectivity index (χ0n) is 13.8. The number of hydrogen-bond acceptors (Lipinski definition) is 2. The Hall–Kier alpha value is -1.15. The Morgan fingerprint density at radius 1 is 1.00 bits per heavy atom. The van der Waals surface area contributed by atoms with Gasteiger partial charge in [-0.15, -0.1) is 0 Å². The molecule has 1 heterocycles. The molecule has 2 nitrogen and oxygen atoms in total. The van der Waals surface area contributed by atoms with Crippen molar-refractivity contribution in [2.24, 2.45) is 5.92 Å². The van der Waals surface area contributed by atoms with Crippen LogP contribution in [0.15, 0.2) is 24.3 Å². The van der Waals surface area contributed by atoms with Gasteiger partial charge in [-0.3, -0.25) is 4.90 Å². The van der Waals surface area contributed by atoms with E-state index < -0.39 is 0 Å². The van der Waals surface area contributed by atoms with E-state index in [1.807, 2.05) is 0 Å². The van der Waals surface area contributed by atoms with Crippen molar-refractivity contribution >= 4 is 6.29 Å². The summed E-state index contributed by atoms with van der Waals surface area (Å²) < 4.78 is 0. The molecular weight excluding hydrogens is 270 g/mol. The van der Waals surface area contributed by atoms with Crippen LogP contribution >= 0.6 is 0 Å². The maximum absolute atomic E-state index is 11.4. The van der Waals surface area contributed by atoms with Crippen LogP contribution in [-0.4, -0.2) is 24.3 Å². The first-order valence-corrected chi connectivity index (χ1v) is 9.09. The van der Waals surface area contributed by atoms with Crippen molar-refractivity contribution in [2.45, 2.75) is 63.8 Å². The van der Waals surface area contributed by atoms with Gasteiger partial charge in [0.25, 0.3) is 0 Å². The van der Waals surface area contributed by atoms with Crippen molar-refractivity contribution in [1.29, 1.82) is 0 Å². The van der Waals surface area contributed by atoms with Crippen molar-refractivity contribution < 1.29 is 4.79 Å². The van der Waals surface area contributed by atoms with Gasteiger partial charge in [0.2, 0.25) is 0 Å². The summed E-state index contributed by atoms with van der Waals surface area (Å²) in [6.45, 7) is 4.33. The molecule has 2 atom stereocenters. The third-order valence-electron chi connectivity index (χ3n) is 5.60. The SMILES string of the molecule is CC(C=O)C(c1ccc(C2CCCC2)cc1)N1CCCCC1. The summed E-state index contributed by atoms with van der Waals surface area (Å²) in [6.07, 6.45) is 10.4. The molecule has 0 radical (unpaired) electrons. The van der Waals surface area contributed by atoms with Crippen molar-refractivity contribution in [3.63, 3.8) is 0 Å². The van der Waals surface area contributed by atoms with Gasteiger partial charge in [0.05, 0.1) is 0 Å². The molecule has 0 spiro atoms. The predicted molar refractivity (Wildman–Crippen MR) is 91.0 cm³/mol. The highest BCUT2D eigenvalue weighted by atomic mass is 16.1. The van der Waals surface area contributed by atoms with Crippen molar-refractivity contribution in [1.82, 2.24) is 4.90 Å². The first-order valence-electron chi connectivity index (χ1n) is 9.09. The normalized spacial score (nSPS) is 23.3. The molecule has 0 aromatic heterocycles. The number of carbonyl (C=O) groups excluding carboxylic acids is 1. The zero-order valence-corrected chi connectivity index (χ0v) is 13.8. The van der Waals surface area contributed by atoms with Crippen LogP contribution in [0, 0.1) is 5.92 Å². The Bertz CT molecular complexity index is 469. The molecule has 2 heteroatoms. The van der Waals surface area contributed by atoms with E-state index in [-0.39, 0.29) is 12.0 Å². The van der Waals surface area contributed by atoms with E-state index in [4.69, 9.17) is 0 Å². The maximum Gasteiger partial charge on any atom is 0.124 e. The number of piperidine rings is 1. The maximum atomic E-state index is 11.4. The second kappa shape index (κ2) is 7.41. The molecule has 0 N–H and O–H groups in total. The number of benzene rings is 1. The molecule has 1 saturated heterocycles. The molecule has 1 aliphatic carbocycles. The summed E-state index contributed by atoms with van der Waals surface area (Å²) in [5, 5.41) is 0. The predicted octanol–water partition coefficient (Wildman–Crippen LogP) is 4.71. The van der Waals surface area contributed by atoms with Gasteiger partial charge in [-0.2, -0.15) is 0 Å². The molecule has 1 saturated carbocycles. The van der Waals surface area contributed by atoms with Crippen molar-refractivity contribution in [3.8, 4) is 0 Å². The minimum Gasteiger partial charge on any atom is -0.303 e. The molecule has 2 aliphatic rings. The van der Waals surface area contributed by atoms with Gasteiger partial charge in [0.15, 0.2) is 0 Å². The molecule has 0 amide bonds. The lowest BCUT2D eigenvalue weighted by Crippen LogP contribution is -2.37. The van der Waals surface area contributed by atoms with Gasteiger partial charge in [-0.25, -0.2) is 0 Å². The summed E-state index contributed by atoms with van der Waals surface area (Å²) in [5.74, 6) is 0.835. The summed E-state index contributed by atoms with van der Waals surface area (Å²) in [6, 6.07) is 9.47. The van der Waals surface area contributed by atoms with Crippen LogP contribution in [0.2, 0.25) is 0 Å². The quantitative estimate of drug-likeness (QED) is 0.734.